The summed E-state index contributed by atoms with van der Waals surface area (Å²) in [7, 11) is 0. The zero-order valence-corrected chi connectivity index (χ0v) is 10.4. The van der Waals surface area contributed by atoms with Gasteiger partial charge in [0.2, 0.25) is 5.76 Å². The monoisotopic (exact) mass is 288 g/mol. The van der Waals surface area contributed by atoms with Gasteiger partial charge in [0.05, 0.1) is 11.9 Å². The number of pyridine rings is 1. The van der Waals surface area contributed by atoms with Crippen molar-refractivity contribution in [3.05, 3.63) is 47.8 Å². The molecule has 0 fully saturated rings. The molecule has 0 aliphatic carbocycles. The lowest BCUT2D eigenvalue weighted by Gasteiger charge is -1.96. The first-order chi connectivity index (χ1) is 9.33. The van der Waals surface area contributed by atoms with Gasteiger partial charge in [-0.1, -0.05) is 18.6 Å². The molecule has 3 rings (SSSR count). The van der Waals surface area contributed by atoms with Crippen LogP contribution < -0.4 is 5.32 Å². The predicted octanol–water partition coefficient (Wildman–Crippen LogP) is 3.08. The topological polar surface area (TPSA) is 80.9 Å². The van der Waals surface area contributed by atoms with E-state index in [-0.39, 0.29) is 19.1 Å². The molecule has 102 valence electrons. The Morgan fingerprint density at radius 1 is 1.20 bits per heavy atom. The highest BCUT2D eigenvalue weighted by molar-refractivity contribution is 7.14. The van der Waals surface area contributed by atoms with Crippen LogP contribution in [0.1, 0.15) is 18.0 Å². The van der Waals surface area contributed by atoms with Crippen LogP contribution in [0.15, 0.2) is 46.6 Å². The van der Waals surface area contributed by atoms with Crippen LogP contribution in [0.2, 0.25) is 0 Å². The first-order valence-electron chi connectivity index (χ1n) is 5.42. The number of hydrogen-bond acceptors (Lipinski definition) is 6. The van der Waals surface area contributed by atoms with Crippen molar-refractivity contribution >= 4 is 22.4 Å². The van der Waals surface area contributed by atoms with Crippen LogP contribution in [0.4, 0.5) is 5.13 Å². The molecule has 3 aromatic rings. The van der Waals surface area contributed by atoms with Gasteiger partial charge >= 0.3 is 0 Å². The van der Waals surface area contributed by atoms with E-state index in [1.54, 1.807) is 6.20 Å². The average Bonchev–Trinajstić information content (AvgIpc) is 3.11. The van der Waals surface area contributed by atoms with E-state index in [0.29, 0.717) is 5.13 Å². The van der Waals surface area contributed by atoms with Crippen molar-refractivity contribution in [3.63, 3.8) is 0 Å². The number of nitrogens with zero attached hydrogens (tertiary/aromatic N) is 3. The summed E-state index contributed by atoms with van der Waals surface area (Å²) >= 11 is 1.32. The van der Waals surface area contributed by atoms with Gasteiger partial charge in [0.1, 0.15) is 5.69 Å². The van der Waals surface area contributed by atoms with Crippen molar-refractivity contribution < 1.29 is 9.32 Å². The third-order valence-electron chi connectivity index (χ3n) is 2.31. The molecule has 7 heteroatoms. The molecule has 0 aromatic carbocycles. The van der Waals surface area contributed by atoms with E-state index >= 15 is 0 Å². The van der Waals surface area contributed by atoms with Crippen molar-refractivity contribution in [1.82, 2.24) is 15.1 Å². The summed E-state index contributed by atoms with van der Waals surface area (Å²) in [5.74, 6) is -0.228. The van der Waals surface area contributed by atoms with Crippen molar-refractivity contribution in [3.8, 4) is 11.4 Å². The highest BCUT2D eigenvalue weighted by atomic mass is 32.1. The average molecular weight is 288 g/mol. The molecule has 3 aromatic heterocycles. The number of anilines is 1. The summed E-state index contributed by atoms with van der Waals surface area (Å²) in [5, 5.41) is 8.44. The van der Waals surface area contributed by atoms with Crippen LogP contribution in [-0.2, 0) is 0 Å². The maximum atomic E-state index is 11.7. The minimum atomic E-state index is -0.376. The van der Waals surface area contributed by atoms with Crippen LogP contribution in [-0.4, -0.2) is 21.0 Å². The Morgan fingerprint density at radius 2 is 2.10 bits per heavy atom. The number of carbonyl (C=O) groups excluding carboxylic acids is 1. The van der Waals surface area contributed by atoms with E-state index < -0.39 is 0 Å². The normalized spacial score (nSPS) is 9.80. The summed E-state index contributed by atoms with van der Waals surface area (Å²) in [6, 6.07) is 7.07. The molecule has 0 aliphatic heterocycles. The Kier molecular flexibility index (Phi) is 4.21. The Morgan fingerprint density at radius 3 is 2.80 bits per heavy atom. The standard InChI is InChI=1S/C12H8N4O2S.CH4/c17-11(10-4-6-14-18-10)16-12-15-9(7-19-12)8-3-1-2-5-13-8;/h1-7H,(H,15,16,17);1H4. The highest BCUT2D eigenvalue weighted by Crippen LogP contribution is 2.23. The van der Waals surface area contributed by atoms with Crippen molar-refractivity contribution in [2.24, 2.45) is 0 Å². The molecular weight excluding hydrogens is 276 g/mol. The SMILES string of the molecule is C.O=C(Nc1nc(-c2ccccn2)cs1)c1ccno1. The largest absolute Gasteiger partial charge is 0.351 e. The van der Waals surface area contributed by atoms with E-state index in [4.69, 9.17) is 4.52 Å². The van der Waals surface area contributed by atoms with E-state index in [0.717, 1.165) is 11.4 Å². The lowest BCUT2D eigenvalue weighted by molar-refractivity contribution is 0.0988. The molecule has 0 spiro atoms. The van der Waals surface area contributed by atoms with Gasteiger partial charge in [0.25, 0.3) is 5.91 Å². The molecule has 20 heavy (non-hydrogen) atoms. The fourth-order valence-electron chi connectivity index (χ4n) is 1.45. The number of amides is 1. The minimum Gasteiger partial charge on any atom is -0.351 e. The van der Waals surface area contributed by atoms with Crippen LogP contribution in [0.25, 0.3) is 11.4 Å². The Balaban J connectivity index is 0.00000147. The highest BCUT2D eigenvalue weighted by Gasteiger charge is 2.12. The predicted molar refractivity (Wildman–Crippen MR) is 76.5 cm³/mol. The van der Waals surface area contributed by atoms with E-state index in [2.05, 4.69) is 20.4 Å². The van der Waals surface area contributed by atoms with Crippen molar-refractivity contribution in [2.75, 3.05) is 5.32 Å². The number of thiazole rings is 1. The lowest BCUT2D eigenvalue weighted by atomic mass is 10.3. The van der Waals surface area contributed by atoms with Crippen molar-refractivity contribution in [2.45, 2.75) is 7.43 Å². The Labute approximate surface area is 119 Å². The fraction of sp³-hybridized carbons (Fsp3) is 0.0769. The van der Waals surface area contributed by atoms with Crippen LogP contribution in [0.3, 0.4) is 0 Å². The number of hydrogen-bond donors (Lipinski definition) is 1. The third kappa shape index (κ3) is 2.89. The zero-order valence-electron chi connectivity index (χ0n) is 9.61. The molecule has 0 aliphatic rings. The van der Waals surface area contributed by atoms with Crippen LogP contribution >= 0.6 is 11.3 Å². The van der Waals surface area contributed by atoms with Gasteiger partial charge in [-0.25, -0.2) is 4.98 Å². The van der Waals surface area contributed by atoms with E-state index in [1.807, 2.05) is 23.6 Å². The minimum absolute atomic E-state index is 0. The number of aromatic nitrogens is 3. The van der Waals surface area contributed by atoms with Gasteiger partial charge in [-0.3, -0.25) is 15.1 Å². The molecule has 3 heterocycles. The van der Waals surface area contributed by atoms with Gasteiger partial charge in [0.15, 0.2) is 5.13 Å². The molecule has 0 bridgehead atoms. The van der Waals surface area contributed by atoms with Gasteiger partial charge in [-0.2, -0.15) is 0 Å². The van der Waals surface area contributed by atoms with Crippen LogP contribution in [0, 0.1) is 0 Å². The molecule has 0 radical (unpaired) electrons. The van der Waals surface area contributed by atoms with Gasteiger partial charge in [-0.15, -0.1) is 11.3 Å². The summed E-state index contributed by atoms with van der Waals surface area (Å²) in [6.07, 6.45) is 3.11. The summed E-state index contributed by atoms with van der Waals surface area (Å²) in [4.78, 5) is 20.2. The molecule has 0 atom stereocenters. The maximum Gasteiger partial charge on any atom is 0.296 e. The van der Waals surface area contributed by atoms with Gasteiger partial charge < -0.3 is 4.52 Å². The summed E-state index contributed by atoms with van der Waals surface area (Å²) < 4.78 is 4.76. The number of nitrogens with one attached hydrogen (secondary N) is 1. The second-order valence-electron chi connectivity index (χ2n) is 3.58. The second-order valence-corrected chi connectivity index (χ2v) is 4.44. The molecular formula is C13H12N4O2S. The smallest absolute Gasteiger partial charge is 0.296 e. The zero-order chi connectivity index (χ0) is 13.1. The third-order valence-corrected chi connectivity index (χ3v) is 3.07. The molecule has 0 unspecified atom stereocenters. The Hall–Kier alpha value is -2.54. The molecule has 6 nitrogen and oxygen atoms in total. The van der Waals surface area contributed by atoms with Crippen LogP contribution in [0.5, 0.6) is 0 Å². The van der Waals surface area contributed by atoms with Gasteiger partial charge in [0, 0.05) is 17.6 Å². The van der Waals surface area contributed by atoms with E-state index in [9.17, 15) is 4.79 Å². The summed E-state index contributed by atoms with van der Waals surface area (Å²) in [5.41, 5.74) is 1.48. The van der Waals surface area contributed by atoms with Gasteiger partial charge in [-0.05, 0) is 12.1 Å². The maximum absolute atomic E-state index is 11.7. The lowest BCUT2D eigenvalue weighted by Crippen LogP contribution is -2.10. The number of carbonyl (C=O) groups is 1. The van der Waals surface area contributed by atoms with E-state index in [1.165, 1.54) is 23.6 Å². The molecule has 1 N–H and O–H groups in total. The summed E-state index contributed by atoms with van der Waals surface area (Å²) in [6.45, 7) is 0. The van der Waals surface area contributed by atoms with Crippen molar-refractivity contribution in [1.29, 1.82) is 0 Å². The second kappa shape index (κ2) is 6.07. The quantitative estimate of drug-likeness (QED) is 0.801. The molecule has 1 amide bonds. The molecule has 0 saturated carbocycles. The molecule has 0 saturated heterocycles. The number of rotatable bonds is 3. The first-order valence-corrected chi connectivity index (χ1v) is 6.30. The fourth-order valence-corrected chi connectivity index (χ4v) is 2.15. The Bertz CT molecular complexity index is 679. The first kappa shape index (κ1) is 13.9.